The second kappa shape index (κ2) is 7.69. The Kier molecular flexibility index (Phi) is 4.96. The van der Waals surface area contributed by atoms with Gasteiger partial charge in [0.25, 0.3) is 0 Å². The molecule has 0 unspecified atom stereocenters. The SMILES string of the molecule is Clc1cc(CNC(c2ccccc2)c2ccccc2)c2ncccc2c1. The molecule has 0 amide bonds. The molecule has 0 aliphatic heterocycles. The minimum absolute atomic E-state index is 0.107. The van der Waals surface area contributed by atoms with Gasteiger partial charge in [0, 0.05) is 23.2 Å². The molecule has 2 nitrogen and oxygen atoms in total. The minimum Gasteiger partial charge on any atom is -0.302 e. The van der Waals surface area contributed by atoms with Gasteiger partial charge in [-0.15, -0.1) is 0 Å². The third kappa shape index (κ3) is 3.62. The summed E-state index contributed by atoms with van der Waals surface area (Å²) in [7, 11) is 0. The first-order chi connectivity index (χ1) is 12.8. The van der Waals surface area contributed by atoms with Gasteiger partial charge in [-0.1, -0.05) is 78.3 Å². The number of pyridine rings is 1. The Morgan fingerprint density at radius 2 is 1.46 bits per heavy atom. The van der Waals surface area contributed by atoms with Crippen molar-refractivity contribution in [2.45, 2.75) is 12.6 Å². The van der Waals surface area contributed by atoms with Crippen LogP contribution in [-0.4, -0.2) is 4.98 Å². The van der Waals surface area contributed by atoms with E-state index >= 15 is 0 Å². The van der Waals surface area contributed by atoms with Crippen molar-refractivity contribution in [2.75, 3.05) is 0 Å². The fourth-order valence-electron chi connectivity index (χ4n) is 3.29. The first kappa shape index (κ1) is 16.8. The molecule has 0 aliphatic carbocycles. The number of aromatic nitrogens is 1. The number of hydrogen-bond acceptors (Lipinski definition) is 2. The maximum Gasteiger partial charge on any atom is 0.0747 e. The maximum atomic E-state index is 6.32. The van der Waals surface area contributed by atoms with Crippen LogP contribution in [0.15, 0.2) is 91.1 Å². The molecule has 3 heteroatoms. The Morgan fingerprint density at radius 3 is 2.12 bits per heavy atom. The molecule has 1 aromatic heterocycles. The zero-order valence-corrected chi connectivity index (χ0v) is 15.0. The summed E-state index contributed by atoms with van der Waals surface area (Å²) in [5.74, 6) is 0. The number of benzene rings is 3. The number of nitrogens with zero attached hydrogens (tertiary/aromatic N) is 1. The second-order valence-electron chi connectivity index (χ2n) is 6.28. The third-order valence-electron chi connectivity index (χ3n) is 4.51. The average molecular weight is 359 g/mol. The first-order valence-corrected chi connectivity index (χ1v) is 9.05. The molecule has 0 fully saturated rings. The molecular formula is C23H19ClN2. The van der Waals surface area contributed by atoms with Crippen LogP contribution in [-0.2, 0) is 6.54 Å². The Morgan fingerprint density at radius 1 is 0.808 bits per heavy atom. The summed E-state index contributed by atoms with van der Waals surface area (Å²) in [4.78, 5) is 4.55. The van der Waals surface area contributed by atoms with Crippen molar-refractivity contribution in [2.24, 2.45) is 0 Å². The van der Waals surface area contributed by atoms with E-state index in [0.29, 0.717) is 6.54 Å². The summed E-state index contributed by atoms with van der Waals surface area (Å²) in [6.07, 6.45) is 1.83. The van der Waals surface area contributed by atoms with E-state index in [0.717, 1.165) is 21.5 Å². The van der Waals surface area contributed by atoms with E-state index in [1.807, 2.05) is 42.6 Å². The molecule has 0 saturated carbocycles. The van der Waals surface area contributed by atoms with E-state index in [-0.39, 0.29) is 6.04 Å². The van der Waals surface area contributed by atoms with E-state index < -0.39 is 0 Å². The van der Waals surface area contributed by atoms with Crippen molar-refractivity contribution in [1.82, 2.24) is 10.3 Å². The van der Waals surface area contributed by atoms with Crippen molar-refractivity contribution in [1.29, 1.82) is 0 Å². The lowest BCUT2D eigenvalue weighted by molar-refractivity contribution is 0.607. The van der Waals surface area contributed by atoms with E-state index in [9.17, 15) is 0 Å². The van der Waals surface area contributed by atoms with Gasteiger partial charge in [0.2, 0.25) is 0 Å². The Hall–Kier alpha value is -2.68. The lowest BCUT2D eigenvalue weighted by Crippen LogP contribution is -2.22. The molecule has 4 aromatic rings. The first-order valence-electron chi connectivity index (χ1n) is 8.68. The summed E-state index contributed by atoms with van der Waals surface area (Å²) in [5.41, 5.74) is 4.56. The summed E-state index contributed by atoms with van der Waals surface area (Å²) in [5, 5.41) is 5.49. The van der Waals surface area contributed by atoms with Crippen molar-refractivity contribution in [3.63, 3.8) is 0 Å². The highest BCUT2D eigenvalue weighted by Gasteiger charge is 2.14. The van der Waals surface area contributed by atoms with Gasteiger partial charge in [0.15, 0.2) is 0 Å². The second-order valence-corrected chi connectivity index (χ2v) is 6.71. The fourth-order valence-corrected chi connectivity index (χ4v) is 3.54. The fraction of sp³-hybridized carbons (Fsp3) is 0.0870. The Balaban J connectivity index is 1.68. The maximum absolute atomic E-state index is 6.32. The van der Waals surface area contributed by atoms with Crippen LogP contribution in [0.5, 0.6) is 0 Å². The molecule has 26 heavy (non-hydrogen) atoms. The minimum atomic E-state index is 0.107. The molecule has 0 radical (unpaired) electrons. The number of halogens is 1. The van der Waals surface area contributed by atoms with Crippen LogP contribution in [0.4, 0.5) is 0 Å². The van der Waals surface area contributed by atoms with Gasteiger partial charge in [-0.2, -0.15) is 0 Å². The standard InChI is InChI=1S/C23H19ClN2/c24-21-14-19-12-7-13-25-23(19)20(15-21)16-26-22(17-8-3-1-4-9-17)18-10-5-2-6-11-18/h1-15,22,26H,16H2. The molecule has 1 heterocycles. The predicted molar refractivity (Wildman–Crippen MR) is 108 cm³/mol. The van der Waals surface area contributed by atoms with Crippen molar-refractivity contribution in [3.8, 4) is 0 Å². The quantitative estimate of drug-likeness (QED) is 0.490. The van der Waals surface area contributed by atoms with E-state index in [1.165, 1.54) is 11.1 Å². The predicted octanol–water partition coefficient (Wildman–Crippen LogP) is 5.77. The third-order valence-corrected chi connectivity index (χ3v) is 4.73. The van der Waals surface area contributed by atoms with Crippen molar-refractivity contribution in [3.05, 3.63) is 113 Å². The highest BCUT2D eigenvalue weighted by atomic mass is 35.5. The average Bonchev–Trinajstić information content (AvgIpc) is 2.69. The van der Waals surface area contributed by atoms with Crippen LogP contribution < -0.4 is 5.32 Å². The lowest BCUT2D eigenvalue weighted by Gasteiger charge is -2.20. The lowest BCUT2D eigenvalue weighted by atomic mass is 9.98. The normalized spacial score (nSPS) is 11.2. The van der Waals surface area contributed by atoms with Crippen LogP contribution in [0.25, 0.3) is 10.9 Å². The van der Waals surface area contributed by atoms with Gasteiger partial charge in [0.05, 0.1) is 11.6 Å². The van der Waals surface area contributed by atoms with Crippen LogP contribution in [0.3, 0.4) is 0 Å². The summed E-state index contributed by atoms with van der Waals surface area (Å²) in [6.45, 7) is 0.683. The monoisotopic (exact) mass is 358 g/mol. The molecule has 0 aliphatic rings. The summed E-state index contributed by atoms with van der Waals surface area (Å²) in [6, 6.07) is 29.0. The molecule has 0 atom stereocenters. The smallest absolute Gasteiger partial charge is 0.0747 e. The van der Waals surface area contributed by atoms with Gasteiger partial charge in [0.1, 0.15) is 0 Å². The zero-order valence-electron chi connectivity index (χ0n) is 14.3. The molecule has 4 rings (SSSR count). The Labute approximate surface area is 158 Å². The highest BCUT2D eigenvalue weighted by Crippen LogP contribution is 2.25. The molecule has 0 spiro atoms. The molecular weight excluding hydrogens is 340 g/mol. The number of fused-ring (bicyclic) bond motifs is 1. The Bertz CT molecular complexity index is 961. The van der Waals surface area contributed by atoms with Gasteiger partial charge in [-0.05, 0) is 34.9 Å². The van der Waals surface area contributed by atoms with Crippen molar-refractivity contribution >= 4 is 22.5 Å². The van der Waals surface area contributed by atoms with Crippen LogP contribution in [0.2, 0.25) is 5.02 Å². The van der Waals surface area contributed by atoms with Crippen LogP contribution >= 0.6 is 11.6 Å². The topological polar surface area (TPSA) is 24.9 Å². The molecule has 3 aromatic carbocycles. The van der Waals surface area contributed by atoms with Crippen molar-refractivity contribution < 1.29 is 0 Å². The number of nitrogens with one attached hydrogen (secondary N) is 1. The largest absolute Gasteiger partial charge is 0.302 e. The van der Waals surface area contributed by atoms with Gasteiger partial charge in [-0.3, -0.25) is 4.98 Å². The molecule has 128 valence electrons. The molecule has 0 saturated heterocycles. The zero-order chi connectivity index (χ0) is 17.8. The van der Waals surface area contributed by atoms with E-state index in [4.69, 9.17) is 11.6 Å². The summed E-state index contributed by atoms with van der Waals surface area (Å²) >= 11 is 6.32. The number of rotatable bonds is 5. The van der Waals surface area contributed by atoms with Crippen LogP contribution in [0.1, 0.15) is 22.7 Å². The van der Waals surface area contributed by atoms with Gasteiger partial charge >= 0.3 is 0 Å². The van der Waals surface area contributed by atoms with E-state index in [2.05, 4.69) is 58.8 Å². The van der Waals surface area contributed by atoms with E-state index in [1.54, 1.807) is 0 Å². The molecule has 0 bridgehead atoms. The van der Waals surface area contributed by atoms with Crippen LogP contribution in [0, 0.1) is 0 Å². The number of hydrogen-bond donors (Lipinski definition) is 1. The molecule has 1 N–H and O–H groups in total. The van der Waals surface area contributed by atoms with Gasteiger partial charge < -0.3 is 5.32 Å². The van der Waals surface area contributed by atoms with Gasteiger partial charge in [-0.25, -0.2) is 0 Å². The highest BCUT2D eigenvalue weighted by molar-refractivity contribution is 6.31. The summed E-state index contributed by atoms with van der Waals surface area (Å²) < 4.78 is 0.